The van der Waals surface area contributed by atoms with Crippen LogP contribution in [0.1, 0.15) is 18.9 Å². The van der Waals surface area contributed by atoms with Gasteiger partial charge in [0.05, 0.1) is 30.8 Å². The Hall–Kier alpha value is -4.09. The van der Waals surface area contributed by atoms with Gasteiger partial charge in [0.25, 0.3) is 0 Å². The van der Waals surface area contributed by atoms with Gasteiger partial charge in [-0.3, -0.25) is 5.32 Å². The molecule has 11 heteroatoms. The minimum atomic E-state index is -0.357. The molecule has 0 radical (unpaired) electrons. The minimum Gasteiger partial charge on any atom is -0.378 e. The van der Waals surface area contributed by atoms with Crippen molar-refractivity contribution in [2.75, 3.05) is 54.9 Å². The summed E-state index contributed by atoms with van der Waals surface area (Å²) >= 11 is 0. The molecule has 4 aromatic rings. The molecule has 0 unspecified atom stereocenters. The zero-order valence-corrected chi connectivity index (χ0v) is 20.4. The predicted octanol–water partition coefficient (Wildman–Crippen LogP) is 3.29. The highest BCUT2D eigenvalue weighted by atomic mass is 16.5. The van der Waals surface area contributed by atoms with E-state index in [2.05, 4.69) is 30.5 Å². The van der Waals surface area contributed by atoms with Crippen LogP contribution in [0.5, 0.6) is 0 Å². The molecule has 0 saturated carbocycles. The van der Waals surface area contributed by atoms with Crippen LogP contribution in [0.3, 0.4) is 0 Å². The van der Waals surface area contributed by atoms with Gasteiger partial charge in [-0.2, -0.15) is 5.10 Å². The second kappa shape index (κ2) is 10.5. The van der Waals surface area contributed by atoms with Gasteiger partial charge in [-0.05, 0) is 62.3 Å². The normalized spacial score (nSPS) is 16.6. The van der Waals surface area contributed by atoms with Gasteiger partial charge in [0.1, 0.15) is 11.6 Å². The third-order valence-electron chi connectivity index (χ3n) is 6.71. The highest BCUT2D eigenvalue weighted by Gasteiger charge is 2.24. The maximum absolute atomic E-state index is 12.3. The number of piperidine rings is 1. The van der Waals surface area contributed by atoms with E-state index in [-0.39, 0.29) is 6.03 Å². The van der Waals surface area contributed by atoms with E-state index in [4.69, 9.17) is 19.8 Å². The lowest BCUT2D eigenvalue weighted by Gasteiger charge is -2.28. The number of carbonyl (C=O) groups is 1. The van der Waals surface area contributed by atoms with Crippen molar-refractivity contribution in [3.05, 3.63) is 54.9 Å². The Morgan fingerprint density at radius 2 is 1.81 bits per heavy atom. The molecule has 11 nitrogen and oxygen atoms in total. The van der Waals surface area contributed by atoms with Crippen LogP contribution in [0.15, 0.2) is 54.9 Å². The van der Waals surface area contributed by atoms with Gasteiger partial charge in [0, 0.05) is 30.5 Å². The Kier molecular flexibility index (Phi) is 6.61. The summed E-state index contributed by atoms with van der Waals surface area (Å²) in [6, 6.07) is 12.8. The highest BCUT2D eigenvalue weighted by molar-refractivity contribution is 5.99. The summed E-state index contributed by atoms with van der Waals surface area (Å²) in [6.45, 7) is 4.84. The van der Waals surface area contributed by atoms with E-state index in [1.165, 1.54) is 0 Å². The number of nitrogens with zero attached hydrogens (tertiary/aromatic N) is 6. The van der Waals surface area contributed by atoms with Crippen LogP contribution in [0.4, 0.5) is 22.1 Å². The standard InChI is InChI=1S/C26H29N9O2/c36-26(31-22-3-1-2-10-28-22)30-19-6-4-18(5-7-19)23-32-24(34-13-15-37-16-14-34)21-17-29-35(25(21)33-23)20-8-11-27-12-9-20/h1-7,10,17,20,27H,8-9,11-16H2,(H2,28,30,31,36). The average molecular weight is 500 g/mol. The number of amides is 2. The molecule has 2 aliphatic heterocycles. The van der Waals surface area contributed by atoms with Gasteiger partial charge in [-0.15, -0.1) is 0 Å². The molecule has 190 valence electrons. The fraction of sp³-hybridized carbons (Fsp3) is 0.346. The van der Waals surface area contributed by atoms with E-state index in [0.717, 1.165) is 61.4 Å². The lowest BCUT2D eigenvalue weighted by Crippen LogP contribution is -2.37. The number of anilines is 3. The summed E-state index contributed by atoms with van der Waals surface area (Å²) in [6.07, 6.45) is 5.57. The van der Waals surface area contributed by atoms with Crippen LogP contribution in [-0.2, 0) is 4.74 Å². The quantitative estimate of drug-likeness (QED) is 0.382. The molecule has 0 spiro atoms. The summed E-state index contributed by atoms with van der Waals surface area (Å²) in [7, 11) is 0. The Balaban J connectivity index is 1.30. The number of rotatable bonds is 5. The monoisotopic (exact) mass is 499 g/mol. The first-order valence-electron chi connectivity index (χ1n) is 12.6. The molecule has 2 aliphatic rings. The van der Waals surface area contributed by atoms with Gasteiger partial charge >= 0.3 is 6.03 Å². The molecular formula is C26H29N9O2. The molecule has 5 heterocycles. The summed E-state index contributed by atoms with van der Waals surface area (Å²) in [5.41, 5.74) is 2.38. The van der Waals surface area contributed by atoms with Gasteiger partial charge in [-0.1, -0.05) is 6.07 Å². The van der Waals surface area contributed by atoms with Crippen LogP contribution in [-0.4, -0.2) is 70.2 Å². The first-order valence-corrected chi connectivity index (χ1v) is 12.6. The predicted molar refractivity (Wildman–Crippen MR) is 142 cm³/mol. The zero-order chi connectivity index (χ0) is 25.0. The summed E-state index contributed by atoms with van der Waals surface area (Å²) in [5, 5.41) is 14.7. The number of benzene rings is 1. The molecule has 3 N–H and O–H groups in total. The molecule has 2 fully saturated rings. The minimum absolute atomic E-state index is 0.309. The van der Waals surface area contributed by atoms with Gasteiger partial charge < -0.3 is 20.3 Å². The molecule has 3 aromatic heterocycles. The second-order valence-corrected chi connectivity index (χ2v) is 9.15. The Bertz CT molecular complexity index is 1360. The van der Waals surface area contributed by atoms with Crippen LogP contribution < -0.4 is 20.9 Å². The van der Waals surface area contributed by atoms with E-state index in [0.29, 0.717) is 36.6 Å². The number of aromatic nitrogens is 5. The number of morpholine rings is 1. The maximum Gasteiger partial charge on any atom is 0.324 e. The van der Waals surface area contributed by atoms with Crippen molar-refractivity contribution in [2.45, 2.75) is 18.9 Å². The molecular weight excluding hydrogens is 470 g/mol. The van der Waals surface area contributed by atoms with Crippen LogP contribution in [0.2, 0.25) is 0 Å². The lowest BCUT2D eigenvalue weighted by molar-refractivity contribution is 0.122. The summed E-state index contributed by atoms with van der Waals surface area (Å²) in [5.74, 6) is 2.01. The van der Waals surface area contributed by atoms with Crippen molar-refractivity contribution in [1.82, 2.24) is 30.0 Å². The Labute approximate surface area is 214 Å². The maximum atomic E-state index is 12.3. The molecule has 0 atom stereocenters. The number of nitrogens with one attached hydrogen (secondary N) is 3. The van der Waals surface area contributed by atoms with E-state index < -0.39 is 0 Å². The molecule has 1 aromatic carbocycles. The van der Waals surface area contributed by atoms with Crippen LogP contribution in [0, 0.1) is 0 Å². The number of fused-ring (bicyclic) bond motifs is 1. The number of hydrogen-bond donors (Lipinski definition) is 3. The molecule has 6 rings (SSSR count). The summed E-state index contributed by atoms with van der Waals surface area (Å²) in [4.78, 5) is 28.7. The lowest BCUT2D eigenvalue weighted by atomic mass is 10.1. The largest absolute Gasteiger partial charge is 0.378 e. The van der Waals surface area contributed by atoms with Crippen molar-refractivity contribution in [3.63, 3.8) is 0 Å². The third kappa shape index (κ3) is 5.09. The van der Waals surface area contributed by atoms with E-state index in [1.807, 2.05) is 36.5 Å². The highest BCUT2D eigenvalue weighted by Crippen LogP contribution is 2.31. The molecule has 0 aliphatic carbocycles. The second-order valence-electron chi connectivity index (χ2n) is 9.15. The van der Waals surface area contributed by atoms with Crippen molar-refractivity contribution < 1.29 is 9.53 Å². The van der Waals surface area contributed by atoms with Crippen LogP contribution in [0.25, 0.3) is 22.4 Å². The number of pyridine rings is 1. The van der Waals surface area contributed by atoms with Crippen molar-refractivity contribution in [2.24, 2.45) is 0 Å². The Morgan fingerprint density at radius 1 is 1.00 bits per heavy atom. The summed E-state index contributed by atoms with van der Waals surface area (Å²) < 4.78 is 7.65. The first-order chi connectivity index (χ1) is 18.2. The fourth-order valence-electron chi connectivity index (χ4n) is 4.79. The average Bonchev–Trinajstić information content (AvgIpc) is 3.38. The SMILES string of the molecule is O=C(Nc1ccc(-c2nc(N3CCOCC3)c3cnn(C4CCNCC4)c3n2)cc1)Nc1ccccn1. The van der Waals surface area contributed by atoms with E-state index in [1.54, 1.807) is 18.3 Å². The van der Waals surface area contributed by atoms with Crippen molar-refractivity contribution in [1.29, 1.82) is 0 Å². The van der Waals surface area contributed by atoms with Gasteiger partial charge in [0.15, 0.2) is 11.5 Å². The molecule has 37 heavy (non-hydrogen) atoms. The number of ether oxygens (including phenoxy) is 1. The molecule has 0 bridgehead atoms. The van der Waals surface area contributed by atoms with Crippen molar-refractivity contribution >= 4 is 34.4 Å². The van der Waals surface area contributed by atoms with Crippen LogP contribution >= 0.6 is 0 Å². The smallest absolute Gasteiger partial charge is 0.324 e. The number of hydrogen-bond acceptors (Lipinski definition) is 8. The molecule has 2 saturated heterocycles. The number of carbonyl (C=O) groups excluding carboxylic acids is 1. The molecule has 2 amide bonds. The van der Waals surface area contributed by atoms with Crippen molar-refractivity contribution in [3.8, 4) is 11.4 Å². The third-order valence-corrected chi connectivity index (χ3v) is 6.71. The topological polar surface area (TPSA) is 122 Å². The Morgan fingerprint density at radius 3 is 2.57 bits per heavy atom. The van der Waals surface area contributed by atoms with Gasteiger partial charge in [0.2, 0.25) is 0 Å². The van der Waals surface area contributed by atoms with E-state index >= 15 is 0 Å². The van der Waals surface area contributed by atoms with E-state index in [9.17, 15) is 4.79 Å². The first kappa shape index (κ1) is 23.3. The van der Waals surface area contributed by atoms with Gasteiger partial charge in [-0.25, -0.2) is 24.4 Å². The fourth-order valence-corrected chi connectivity index (χ4v) is 4.79. The zero-order valence-electron chi connectivity index (χ0n) is 20.4. The number of urea groups is 1.